The first-order valence-electron chi connectivity index (χ1n) is 9.04. The van der Waals surface area contributed by atoms with Gasteiger partial charge in [-0.05, 0) is 56.5 Å². The van der Waals surface area contributed by atoms with Crippen molar-refractivity contribution >= 4 is 27.8 Å². The van der Waals surface area contributed by atoms with Crippen LogP contribution in [0.1, 0.15) is 43.1 Å². The summed E-state index contributed by atoms with van der Waals surface area (Å²) in [5, 5.41) is 0. The van der Waals surface area contributed by atoms with Crippen molar-refractivity contribution in [1.29, 1.82) is 0 Å². The molecule has 1 heterocycles. The van der Waals surface area contributed by atoms with E-state index in [0.717, 1.165) is 19.2 Å². The Hall–Kier alpha value is -2.76. The van der Waals surface area contributed by atoms with Crippen LogP contribution in [-0.2, 0) is 19.6 Å². The van der Waals surface area contributed by atoms with Gasteiger partial charge in [0.1, 0.15) is 11.4 Å². The molecule has 0 saturated carbocycles. The Morgan fingerprint density at radius 2 is 1.74 bits per heavy atom. The minimum atomic E-state index is -5.93. The fourth-order valence-corrected chi connectivity index (χ4v) is 3.11. The number of methoxy groups -OCH3 is 1. The number of nitrogens with zero attached hydrogens (tertiary/aromatic N) is 1. The van der Waals surface area contributed by atoms with Crippen LogP contribution in [0.3, 0.4) is 0 Å². The van der Waals surface area contributed by atoms with E-state index in [0.29, 0.717) is 5.57 Å². The number of carbonyl (C=O) groups excluding carboxylic acids is 2. The average molecular weight is 465 g/mol. The first kappa shape index (κ1) is 24.5. The van der Waals surface area contributed by atoms with Crippen LogP contribution in [0.2, 0.25) is 0 Å². The van der Waals surface area contributed by atoms with Crippen molar-refractivity contribution in [2.45, 2.75) is 38.3 Å². The summed E-state index contributed by atoms with van der Waals surface area (Å²) in [7, 11) is -4.86. The molecule has 0 aliphatic carbocycles. The summed E-state index contributed by atoms with van der Waals surface area (Å²) in [6.07, 6.45) is 1.40. The molecule has 0 radical (unpaired) electrons. The number of rotatable bonds is 4. The van der Waals surface area contributed by atoms with Gasteiger partial charge in [-0.2, -0.15) is 21.6 Å². The maximum Gasteiger partial charge on any atom is 0.534 e. The highest BCUT2D eigenvalue weighted by atomic mass is 32.2. The smallest absolute Gasteiger partial charge is 0.465 e. The highest BCUT2D eigenvalue weighted by Gasteiger charge is 2.48. The first-order chi connectivity index (χ1) is 14.1. The third-order valence-corrected chi connectivity index (χ3v) is 5.03. The molecule has 172 valence electrons. The second-order valence-corrected chi connectivity index (χ2v) is 9.16. The summed E-state index contributed by atoms with van der Waals surface area (Å²) >= 11 is 0. The fourth-order valence-electron chi connectivity index (χ4n) is 2.67. The molecule has 0 atom stereocenters. The Labute approximate surface area is 177 Å². The van der Waals surface area contributed by atoms with Crippen LogP contribution in [-0.4, -0.2) is 56.7 Å². The number of benzene rings is 1. The van der Waals surface area contributed by atoms with E-state index >= 15 is 0 Å². The van der Waals surface area contributed by atoms with E-state index in [1.54, 1.807) is 26.8 Å². The highest BCUT2D eigenvalue weighted by molar-refractivity contribution is 7.88. The minimum absolute atomic E-state index is 0.156. The van der Waals surface area contributed by atoms with E-state index < -0.39 is 39.0 Å². The maximum absolute atomic E-state index is 12.7. The van der Waals surface area contributed by atoms with E-state index in [9.17, 15) is 31.2 Å². The van der Waals surface area contributed by atoms with Crippen molar-refractivity contribution in [2.24, 2.45) is 0 Å². The molecule has 0 aromatic heterocycles. The predicted octanol–water partition coefficient (Wildman–Crippen LogP) is 3.73. The molecular formula is C19H22F3NO7S. The minimum Gasteiger partial charge on any atom is -0.465 e. The molecule has 1 amide bonds. The number of esters is 1. The Balaban J connectivity index is 2.34. The van der Waals surface area contributed by atoms with Crippen molar-refractivity contribution < 1.29 is 44.8 Å². The van der Waals surface area contributed by atoms with Crippen LogP contribution < -0.4 is 4.18 Å². The summed E-state index contributed by atoms with van der Waals surface area (Å²) in [5.74, 6) is -1.58. The second-order valence-electron chi connectivity index (χ2n) is 7.63. The molecule has 2 rings (SSSR count). The molecular weight excluding hydrogens is 443 g/mol. The number of hydrogen-bond donors (Lipinski definition) is 0. The van der Waals surface area contributed by atoms with Gasteiger partial charge in [0.25, 0.3) is 0 Å². The van der Waals surface area contributed by atoms with E-state index in [4.69, 9.17) is 4.74 Å². The second kappa shape index (κ2) is 8.77. The van der Waals surface area contributed by atoms with Crippen LogP contribution >= 0.6 is 0 Å². The van der Waals surface area contributed by atoms with Crippen molar-refractivity contribution in [3.8, 4) is 5.75 Å². The average Bonchev–Trinajstić information content (AvgIpc) is 2.64. The van der Waals surface area contributed by atoms with Crippen LogP contribution in [0.25, 0.3) is 5.57 Å². The van der Waals surface area contributed by atoms with Crippen LogP contribution in [0.4, 0.5) is 18.0 Å². The number of ether oxygens (including phenoxy) is 2. The molecule has 1 aromatic carbocycles. The lowest BCUT2D eigenvalue weighted by Crippen LogP contribution is -2.39. The van der Waals surface area contributed by atoms with Gasteiger partial charge in [-0.15, -0.1) is 0 Å². The third kappa shape index (κ3) is 6.36. The Morgan fingerprint density at radius 1 is 1.10 bits per heavy atom. The molecule has 1 aromatic rings. The molecule has 1 aliphatic heterocycles. The van der Waals surface area contributed by atoms with Crippen LogP contribution in [0.5, 0.6) is 5.75 Å². The van der Waals surface area contributed by atoms with Gasteiger partial charge in [0.05, 0.1) is 12.7 Å². The van der Waals surface area contributed by atoms with E-state index in [-0.39, 0.29) is 30.6 Å². The van der Waals surface area contributed by atoms with Gasteiger partial charge in [0.15, 0.2) is 0 Å². The highest BCUT2D eigenvalue weighted by Crippen LogP contribution is 2.32. The lowest BCUT2D eigenvalue weighted by molar-refractivity contribution is -0.0500. The number of carbonyl (C=O) groups is 2. The lowest BCUT2D eigenvalue weighted by Gasteiger charge is -2.29. The van der Waals surface area contributed by atoms with Crippen molar-refractivity contribution in [3.63, 3.8) is 0 Å². The van der Waals surface area contributed by atoms with Gasteiger partial charge in [0, 0.05) is 13.1 Å². The summed E-state index contributed by atoms with van der Waals surface area (Å²) in [5.41, 5.74) is -5.65. The molecule has 8 nitrogen and oxygen atoms in total. The standard InChI is InChI=1S/C19H22F3NO7S/c1-18(2,3)29-17(25)23-7-5-12(6-8-23)13-9-14(16(24)28-4)11-15(10-13)30-31(26,27)19(20,21)22/h5,9-11H,6-8H2,1-4H3. The number of hydrogen-bond acceptors (Lipinski definition) is 7. The Morgan fingerprint density at radius 3 is 2.23 bits per heavy atom. The van der Waals surface area contributed by atoms with Gasteiger partial charge in [-0.1, -0.05) is 6.08 Å². The summed E-state index contributed by atoms with van der Waals surface area (Å²) in [6, 6.07) is 3.26. The molecule has 0 fully saturated rings. The lowest BCUT2D eigenvalue weighted by atomic mass is 9.97. The SMILES string of the molecule is COC(=O)c1cc(OS(=O)(=O)C(F)(F)F)cc(C2=CCN(C(=O)OC(C)(C)C)CC2)c1. The maximum atomic E-state index is 12.7. The normalized spacial score (nSPS) is 15.2. The van der Waals surface area contributed by atoms with Crippen molar-refractivity contribution in [3.05, 3.63) is 35.4 Å². The molecule has 0 N–H and O–H groups in total. The Kier molecular flexibility index (Phi) is 6.94. The zero-order valence-electron chi connectivity index (χ0n) is 17.3. The Bertz CT molecular complexity index is 995. The quantitative estimate of drug-likeness (QED) is 0.380. The van der Waals surface area contributed by atoms with Crippen molar-refractivity contribution in [1.82, 2.24) is 4.90 Å². The summed E-state index contributed by atoms with van der Waals surface area (Å²) in [4.78, 5) is 25.5. The topological polar surface area (TPSA) is 99.2 Å². The first-order valence-corrected chi connectivity index (χ1v) is 10.5. The van der Waals surface area contributed by atoms with E-state index in [2.05, 4.69) is 8.92 Å². The number of amides is 1. The van der Waals surface area contributed by atoms with Crippen LogP contribution in [0, 0.1) is 0 Å². The van der Waals surface area contributed by atoms with E-state index in [1.165, 1.54) is 11.0 Å². The van der Waals surface area contributed by atoms with Gasteiger partial charge < -0.3 is 18.6 Å². The zero-order valence-corrected chi connectivity index (χ0v) is 18.1. The van der Waals surface area contributed by atoms with Crippen molar-refractivity contribution in [2.75, 3.05) is 20.2 Å². The monoisotopic (exact) mass is 465 g/mol. The molecule has 0 bridgehead atoms. The summed E-state index contributed by atoms with van der Waals surface area (Å²) in [6.45, 7) is 5.59. The molecule has 31 heavy (non-hydrogen) atoms. The zero-order chi connectivity index (χ0) is 23.6. The molecule has 0 saturated heterocycles. The largest absolute Gasteiger partial charge is 0.534 e. The van der Waals surface area contributed by atoms with Gasteiger partial charge in [-0.3, -0.25) is 0 Å². The van der Waals surface area contributed by atoms with Gasteiger partial charge >= 0.3 is 27.7 Å². The predicted molar refractivity (Wildman–Crippen MR) is 104 cm³/mol. The number of halogens is 3. The van der Waals surface area contributed by atoms with Gasteiger partial charge in [0.2, 0.25) is 0 Å². The fraction of sp³-hybridized carbons (Fsp3) is 0.474. The van der Waals surface area contributed by atoms with E-state index in [1.807, 2.05) is 0 Å². The third-order valence-electron chi connectivity index (χ3n) is 4.05. The van der Waals surface area contributed by atoms with Crippen LogP contribution in [0.15, 0.2) is 24.3 Å². The molecule has 12 heteroatoms. The number of alkyl halides is 3. The molecule has 1 aliphatic rings. The van der Waals surface area contributed by atoms with Gasteiger partial charge in [-0.25, -0.2) is 9.59 Å². The molecule has 0 spiro atoms. The summed E-state index contributed by atoms with van der Waals surface area (Å²) < 4.78 is 74.8. The molecule has 0 unspecified atom stereocenters.